The van der Waals surface area contributed by atoms with Crippen LogP contribution in [-0.4, -0.2) is 16.7 Å². The van der Waals surface area contributed by atoms with Gasteiger partial charge in [0.2, 0.25) is 0 Å². The Balaban J connectivity index is 2.05. The van der Waals surface area contributed by atoms with E-state index in [9.17, 15) is 9.59 Å². The lowest BCUT2D eigenvalue weighted by Gasteiger charge is -2.18. The van der Waals surface area contributed by atoms with Gasteiger partial charge in [0.25, 0.3) is 11.7 Å². The monoisotopic (exact) mass is 280 g/mol. The SMILES string of the molecule is Cc1cc(C)c2c(c1)C(=O)C(=O)N2Cc1cccc(C)n1. The summed E-state index contributed by atoms with van der Waals surface area (Å²) in [5.41, 5.74) is 4.83. The number of fused-ring (bicyclic) bond motifs is 1. The third-order valence-electron chi connectivity index (χ3n) is 3.66. The Hall–Kier alpha value is -2.49. The Bertz CT molecular complexity index is 765. The van der Waals surface area contributed by atoms with Gasteiger partial charge in [0, 0.05) is 5.69 Å². The minimum Gasteiger partial charge on any atom is -0.298 e. The van der Waals surface area contributed by atoms with Crippen molar-refractivity contribution in [2.24, 2.45) is 0 Å². The molecule has 1 amide bonds. The van der Waals surface area contributed by atoms with Gasteiger partial charge < -0.3 is 0 Å². The molecule has 1 aliphatic rings. The largest absolute Gasteiger partial charge is 0.299 e. The molecule has 1 aliphatic heterocycles. The molecule has 0 saturated heterocycles. The highest BCUT2D eigenvalue weighted by Crippen LogP contribution is 2.34. The van der Waals surface area contributed by atoms with E-state index in [4.69, 9.17) is 0 Å². The topological polar surface area (TPSA) is 50.3 Å². The molecule has 4 heteroatoms. The van der Waals surface area contributed by atoms with Crippen molar-refractivity contribution in [1.82, 2.24) is 4.98 Å². The number of carbonyl (C=O) groups is 2. The molecule has 1 aromatic carbocycles. The number of nitrogens with zero attached hydrogens (tertiary/aromatic N) is 2. The smallest absolute Gasteiger partial charge is 0.298 e. The predicted octanol–water partition coefficient (Wildman–Crippen LogP) is 2.74. The Morgan fingerprint density at radius 3 is 2.57 bits per heavy atom. The summed E-state index contributed by atoms with van der Waals surface area (Å²) in [5.74, 6) is -0.897. The predicted molar refractivity (Wildman–Crippen MR) is 80.4 cm³/mol. The number of ketones is 1. The van der Waals surface area contributed by atoms with Gasteiger partial charge in [-0.3, -0.25) is 19.5 Å². The van der Waals surface area contributed by atoms with Crippen LogP contribution in [0.2, 0.25) is 0 Å². The number of amides is 1. The van der Waals surface area contributed by atoms with E-state index in [2.05, 4.69) is 4.98 Å². The van der Waals surface area contributed by atoms with Gasteiger partial charge in [-0.05, 0) is 50.1 Å². The average molecular weight is 280 g/mol. The van der Waals surface area contributed by atoms with Crippen LogP contribution < -0.4 is 4.90 Å². The van der Waals surface area contributed by atoms with Gasteiger partial charge in [0.1, 0.15) is 0 Å². The minimum atomic E-state index is -0.470. The van der Waals surface area contributed by atoms with Crippen LogP contribution in [0.25, 0.3) is 0 Å². The number of aryl methyl sites for hydroxylation is 3. The second kappa shape index (κ2) is 4.81. The molecule has 0 spiro atoms. The van der Waals surface area contributed by atoms with Crippen LogP contribution in [0.4, 0.5) is 5.69 Å². The fourth-order valence-corrected chi connectivity index (χ4v) is 2.83. The third kappa shape index (κ3) is 2.23. The van der Waals surface area contributed by atoms with Crippen molar-refractivity contribution in [3.8, 4) is 0 Å². The number of hydrogen-bond donors (Lipinski definition) is 0. The number of benzene rings is 1. The molecule has 0 atom stereocenters. The van der Waals surface area contributed by atoms with Gasteiger partial charge in [-0.25, -0.2) is 0 Å². The molecule has 0 fully saturated rings. The van der Waals surface area contributed by atoms with Crippen LogP contribution >= 0.6 is 0 Å². The molecular formula is C17H16N2O2. The molecule has 21 heavy (non-hydrogen) atoms. The van der Waals surface area contributed by atoms with E-state index < -0.39 is 11.7 Å². The highest BCUT2D eigenvalue weighted by molar-refractivity contribution is 6.52. The molecule has 3 rings (SSSR count). The Labute approximate surface area is 123 Å². The summed E-state index contributed by atoms with van der Waals surface area (Å²) >= 11 is 0. The zero-order chi connectivity index (χ0) is 15.1. The van der Waals surface area contributed by atoms with Crippen LogP contribution in [0.5, 0.6) is 0 Å². The van der Waals surface area contributed by atoms with Crippen molar-refractivity contribution in [2.45, 2.75) is 27.3 Å². The lowest BCUT2D eigenvalue weighted by atomic mass is 10.0. The van der Waals surface area contributed by atoms with E-state index in [1.807, 2.05) is 45.0 Å². The van der Waals surface area contributed by atoms with Crippen molar-refractivity contribution in [3.63, 3.8) is 0 Å². The number of anilines is 1. The van der Waals surface area contributed by atoms with E-state index in [0.29, 0.717) is 12.1 Å². The Morgan fingerprint density at radius 1 is 1.10 bits per heavy atom. The number of aromatic nitrogens is 1. The molecular weight excluding hydrogens is 264 g/mol. The molecule has 1 aromatic heterocycles. The van der Waals surface area contributed by atoms with Crippen molar-refractivity contribution < 1.29 is 9.59 Å². The first kappa shape index (κ1) is 13.5. The molecule has 4 nitrogen and oxygen atoms in total. The summed E-state index contributed by atoms with van der Waals surface area (Å²) < 4.78 is 0. The zero-order valence-electron chi connectivity index (χ0n) is 12.3. The molecule has 0 N–H and O–H groups in total. The van der Waals surface area contributed by atoms with E-state index in [0.717, 1.165) is 28.2 Å². The lowest BCUT2D eigenvalue weighted by molar-refractivity contribution is -0.114. The van der Waals surface area contributed by atoms with Gasteiger partial charge in [-0.2, -0.15) is 0 Å². The van der Waals surface area contributed by atoms with E-state index >= 15 is 0 Å². The average Bonchev–Trinajstić information content (AvgIpc) is 2.64. The van der Waals surface area contributed by atoms with Crippen molar-refractivity contribution in [2.75, 3.05) is 4.90 Å². The van der Waals surface area contributed by atoms with Crippen molar-refractivity contribution in [1.29, 1.82) is 0 Å². The van der Waals surface area contributed by atoms with Crippen LogP contribution in [0.15, 0.2) is 30.3 Å². The summed E-state index contributed by atoms with van der Waals surface area (Å²) in [5, 5.41) is 0. The first-order chi connectivity index (χ1) is 9.97. The molecule has 2 heterocycles. The Kier molecular flexibility index (Phi) is 3.09. The summed E-state index contributed by atoms with van der Waals surface area (Å²) in [6, 6.07) is 9.45. The standard InChI is InChI=1S/C17H16N2O2/c1-10-7-11(2)15-14(8-10)16(20)17(21)19(15)9-13-6-4-5-12(3)18-13/h4-8H,9H2,1-3H3. The van der Waals surface area contributed by atoms with E-state index in [1.54, 1.807) is 6.07 Å². The number of pyridine rings is 1. The second-order valence-corrected chi connectivity index (χ2v) is 5.47. The first-order valence-corrected chi connectivity index (χ1v) is 6.87. The van der Waals surface area contributed by atoms with Gasteiger partial charge in [-0.1, -0.05) is 12.1 Å². The highest BCUT2D eigenvalue weighted by Gasteiger charge is 2.37. The number of Topliss-reactive ketones (excluding diaryl/α,β-unsaturated/α-hetero) is 1. The maximum absolute atomic E-state index is 12.3. The van der Waals surface area contributed by atoms with E-state index in [-0.39, 0.29) is 0 Å². The number of rotatable bonds is 2. The Morgan fingerprint density at radius 2 is 1.86 bits per heavy atom. The molecule has 0 radical (unpaired) electrons. The van der Waals surface area contributed by atoms with Gasteiger partial charge in [-0.15, -0.1) is 0 Å². The fraction of sp³-hybridized carbons (Fsp3) is 0.235. The quantitative estimate of drug-likeness (QED) is 0.795. The molecule has 0 saturated carbocycles. The first-order valence-electron chi connectivity index (χ1n) is 6.87. The number of carbonyl (C=O) groups excluding carboxylic acids is 2. The van der Waals surface area contributed by atoms with Crippen LogP contribution in [0.3, 0.4) is 0 Å². The number of hydrogen-bond acceptors (Lipinski definition) is 3. The maximum Gasteiger partial charge on any atom is 0.299 e. The van der Waals surface area contributed by atoms with Gasteiger partial charge in [0.05, 0.1) is 23.5 Å². The molecule has 106 valence electrons. The van der Waals surface area contributed by atoms with Crippen LogP contribution in [0.1, 0.15) is 32.9 Å². The molecule has 0 unspecified atom stereocenters. The minimum absolute atomic E-state index is 0.323. The normalized spacial score (nSPS) is 13.8. The maximum atomic E-state index is 12.3. The molecule has 0 bridgehead atoms. The summed E-state index contributed by atoms with van der Waals surface area (Å²) in [7, 11) is 0. The van der Waals surface area contributed by atoms with Crippen LogP contribution in [-0.2, 0) is 11.3 Å². The summed E-state index contributed by atoms with van der Waals surface area (Å²) in [6.07, 6.45) is 0. The second-order valence-electron chi connectivity index (χ2n) is 5.47. The van der Waals surface area contributed by atoms with Crippen molar-refractivity contribution >= 4 is 17.4 Å². The summed E-state index contributed by atoms with van der Waals surface area (Å²) in [6.45, 7) is 6.08. The summed E-state index contributed by atoms with van der Waals surface area (Å²) in [4.78, 5) is 30.4. The highest BCUT2D eigenvalue weighted by atomic mass is 16.2. The molecule has 0 aliphatic carbocycles. The van der Waals surface area contributed by atoms with Gasteiger partial charge in [0.15, 0.2) is 0 Å². The fourth-order valence-electron chi connectivity index (χ4n) is 2.83. The zero-order valence-corrected chi connectivity index (χ0v) is 12.3. The lowest BCUT2D eigenvalue weighted by Crippen LogP contribution is -2.29. The van der Waals surface area contributed by atoms with Crippen LogP contribution in [0, 0.1) is 20.8 Å². The molecule has 2 aromatic rings. The third-order valence-corrected chi connectivity index (χ3v) is 3.66. The van der Waals surface area contributed by atoms with E-state index in [1.165, 1.54) is 4.90 Å². The van der Waals surface area contributed by atoms with Gasteiger partial charge >= 0.3 is 0 Å². The van der Waals surface area contributed by atoms with Crippen molar-refractivity contribution in [3.05, 3.63) is 58.4 Å².